The fourth-order valence-electron chi connectivity index (χ4n) is 1.39. The molecule has 0 atom stereocenters. The fraction of sp³-hybridized carbons (Fsp3) is 0.571. The highest BCUT2D eigenvalue weighted by Crippen LogP contribution is 2.29. The zero-order valence-electron chi connectivity index (χ0n) is 11.4. The van der Waals surface area contributed by atoms with E-state index in [1.54, 1.807) is 18.2 Å². The van der Waals surface area contributed by atoms with Gasteiger partial charge in [0.1, 0.15) is 5.75 Å². The van der Waals surface area contributed by atoms with E-state index in [9.17, 15) is 0 Å². The van der Waals surface area contributed by atoms with E-state index in [0.717, 1.165) is 6.54 Å². The molecule has 0 radical (unpaired) electrons. The summed E-state index contributed by atoms with van der Waals surface area (Å²) in [6.07, 6.45) is 0. The van der Waals surface area contributed by atoms with Crippen molar-refractivity contribution in [2.45, 2.75) is 33.7 Å². The summed E-state index contributed by atoms with van der Waals surface area (Å²) in [5.41, 5.74) is 0.0376. The van der Waals surface area contributed by atoms with Crippen molar-refractivity contribution in [3.63, 3.8) is 0 Å². The predicted molar refractivity (Wildman–Crippen MR) is 78.9 cm³/mol. The van der Waals surface area contributed by atoms with Gasteiger partial charge in [-0.05, 0) is 12.1 Å². The van der Waals surface area contributed by atoms with Crippen molar-refractivity contribution in [2.75, 3.05) is 13.2 Å². The Morgan fingerprint density at radius 2 is 1.94 bits per heavy atom. The number of ether oxygens (including phenoxy) is 1. The summed E-state index contributed by atoms with van der Waals surface area (Å²) >= 11 is 12.0. The molecular weight excluding hydrogens is 269 g/mol. The number of nitrogens with one attached hydrogen (secondary N) is 1. The third-order valence-corrected chi connectivity index (χ3v) is 3.05. The fourth-order valence-corrected chi connectivity index (χ4v) is 1.73. The van der Waals surface area contributed by atoms with Crippen molar-refractivity contribution >= 4 is 23.2 Å². The molecular formula is C14H21Cl2NO. The Morgan fingerprint density at radius 1 is 1.28 bits per heavy atom. The van der Waals surface area contributed by atoms with Gasteiger partial charge in [0.25, 0.3) is 0 Å². The Labute approximate surface area is 120 Å². The third-order valence-electron chi connectivity index (χ3n) is 2.50. The standard InChI is InChI=1S/C14H21Cl2NO/c1-10(2)17-8-14(3,4)9-18-13-7-11(15)5-6-12(13)16/h5-7,10,17H,8-9H2,1-4H3. The average Bonchev–Trinajstić information content (AvgIpc) is 2.28. The predicted octanol–water partition coefficient (Wildman–Crippen LogP) is 4.40. The van der Waals surface area contributed by atoms with E-state index in [1.165, 1.54) is 0 Å². The van der Waals surface area contributed by atoms with E-state index >= 15 is 0 Å². The molecule has 0 aliphatic heterocycles. The monoisotopic (exact) mass is 289 g/mol. The Morgan fingerprint density at radius 3 is 2.56 bits per heavy atom. The Kier molecular flexibility index (Phi) is 5.77. The van der Waals surface area contributed by atoms with Crippen LogP contribution in [0.5, 0.6) is 5.75 Å². The molecule has 0 unspecified atom stereocenters. The summed E-state index contributed by atoms with van der Waals surface area (Å²) in [7, 11) is 0. The minimum Gasteiger partial charge on any atom is -0.491 e. The molecule has 0 amide bonds. The molecule has 0 aromatic heterocycles. The van der Waals surface area contributed by atoms with Gasteiger partial charge in [-0.15, -0.1) is 0 Å². The van der Waals surface area contributed by atoms with Crippen LogP contribution >= 0.6 is 23.2 Å². The Bertz CT molecular complexity index is 391. The summed E-state index contributed by atoms with van der Waals surface area (Å²) in [5, 5.41) is 4.63. The van der Waals surface area contributed by atoms with Crippen molar-refractivity contribution in [1.82, 2.24) is 5.32 Å². The molecule has 0 bridgehead atoms. The van der Waals surface area contributed by atoms with E-state index in [0.29, 0.717) is 28.4 Å². The topological polar surface area (TPSA) is 21.3 Å². The second-order valence-corrected chi connectivity index (χ2v) is 6.41. The molecule has 102 valence electrons. The largest absolute Gasteiger partial charge is 0.491 e. The van der Waals surface area contributed by atoms with Gasteiger partial charge in [-0.2, -0.15) is 0 Å². The van der Waals surface area contributed by atoms with Crippen LogP contribution in [0.4, 0.5) is 0 Å². The van der Waals surface area contributed by atoms with E-state index in [1.807, 2.05) is 0 Å². The molecule has 0 saturated heterocycles. The first-order valence-electron chi connectivity index (χ1n) is 6.11. The zero-order chi connectivity index (χ0) is 13.8. The van der Waals surface area contributed by atoms with Crippen LogP contribution in [0.15, 0.2) is 18.2 Å². The van der Waals surface area contributed by atoms with E-state index in [2.05, 4.69) is 33.0 Å². The molecule has 0 aliphatic rings. The summed E-state index contributed by atoms with van der Waals surface area (Å²) in [5.74, 6) is 0.641. The SMILES string of the molecule is CC(C)NCC(C)(C)COc1cc(Cl)ccc1Cl. The molecule has 4 heteroatoms. The highest BCUT2D eigenvalue weighted by Gasteiger charge is 2.19. The van der Waals surface area contributed by atoms with Crippen LogP contribution in [0.1, 0.15) is 27.7 Å². The molecule has 0 heterocycles. The van der Waals surface area contributed by atoms with Crippen LogP contribution in [0, 0.1) is 5.41 Å². The number of hydrogen-bond donors (Lipinski definition) is 1. The van der Waals surface area contributed by atoms with Gasteiger partial charge in [-0.1, -0.05) is 50.9 Å². The van der Waals surface area contributed by atoms with E-state index < -0.39 is 0 Å². The highest BCUT2D eigenvalue weighted by molar-refractivity contribution is 6.34. The van der Waals surface area contributed by atoms with Crippen molar-refractivity contribution in [1.29, 1.82) is 0 Å². The van der Waals surface area contributed by atoms with Gasteiger partial charge < -0.3 is 10.1 Å². The molecule has 0 saturated carbocycles. The van der Waals surface area contributed by atoms with Gasteiger partial charge in [0, 0.05) is 29.1 Å². The first kappa shape index (κ1) is 15.6. The van der Waals surface area contributed by atoms with Crippen LogP contribution in [0.25, 0.3) is 0 Å². The van der Waals surface area contributed by atoms with Gasteiger partial charge in [-0.3, -0.25) is 0 Å². The van der Waals surface area contributed by atoms with Crippen molar-refractivity contribution in [2.24, 2.45) is 5.41 Å². The van der Waals surface area contributed by atoms with Crippen LogP contribution in [0.2, 0.25) is 10.0 Å². The lowest BCUT2D eigenvalue weighted by atomic mass is 9.94. The molecule has 18 heavy (non-hydrogen) atoms. The molecule has 0 aliphatic carbocycles. The summed E-state index contributed by atoms with van der Waals surface area (Å²) in [4.78, 5) is 0. The minimum atomic E-state index is 0.0376. The van der Waals surface area contributed by atoms with Crippen LogP contribution < -0.4 is 10.1 Å². The lowest BCUT2D eigenvalue weighted by molar-refractivity contribution is 0.173. The number of halogens is 2. The first-order chi connectivity index (χ1) is 8.30. The lowest BCUT2D eigenvalue weighted by Gasteiger charge is -2.26. The normalized spacial score (nSPS) is 11.9. The summed E-state index contributed by atoms with van der Waals surface area (Å²) in [6.45, 7) is 10.0. The van der Waals surface area contributed by atoms with Crippen LogP contribution in [0.3, 0.4) is 0 Å². The molecule has 1 aromatic rings. The van der Waals surface area contributed by atoms with Gasteiger partial charge in [0.05, 0.1) is 11.6 Å². The Hall–Kier alpha value is -0.440. The second kappa shape index (κ2) is 6.65. The van der Waals surface area contributed by atoms with Crippen molar-refractivity contribution in [3.8, 4) is 5.75 Å². The zero-order valence-corrected chi connectivity index (χ0v) is 12.9. The van der Waals surface area contributed by atoms with Crippen molar-refractivity contribution in [3.05, 3.63) is 28.2 Å². The number of hydrogen-bond acceptors (Lipinski definition) is 2. The maximum absolute atomic E-state index is 6.05. The van der Waals surface area contributed by atoms with E-state index in [4.69, 9.17) is 27.9 Å². The maximum atomic E-state index is 6.05. The molecule has 1 aromatic carbocycles. The third kappa shape index (κ3) is 5.47. The van der Waals surface area contributed by atoms with Gasteiger partial charge in [-0.25, -0.2) is 0 Å². The van der Waals surface area contributed by atoms with Gasteiger partial charge in [0.2, 0.25) is 0 Å². The molecule has 1 rings (SSSR count). The molecule has 0 fully saturated rings. The van der Waals surface area contributed by atoms with Crippen LogP contribution in [-0.4, -0.2) is 19.2 Å². The minimum absolute atomic E-state index is 0.0376. The lowest BCUT2D eigenvalue weighted by Crippen LogP contribution is -2.37. The smallest absolute Gasteiger partial charge is 0.139 e. The second-order valence-electron chi connectivity index (χ2n) is 5.56. The quantitative estimate of drug-likeness (QED) is 0.838. The Balaban J connectivity index is 2.55. The molecule has 2 nitrogen and oxygen atoms in total. The average molecular weight is 290 g/mol. The summed E-state index contributed by atoms with van der Waals surface area (Å²) in [6, 6.07) is 5.72. The van der Waals surface area contributed by atoms with Crippen LogP contribution in [-0.2, 0) is 0 Å². The van der Waals surface area contributed by atoms with Crippen molar-refractivity contribution < 1.29 is 4.74 Å². The van der Waals surface area contributed by atoms with E-state index in [-0.39, 0.29) is 5.41 Å². The number of rotatable bonds is 6. The van der Waals surface area contributed by atoms with Gasteiger partial charge in [0.15, 0.2) is 0 Å². The first-order valence-corrected chi connectivity index (χ1v) is 6.87. The molecule has 1 N–H and O–H groups in total. The maximum Gasteiger partial charge on any atom is 0.139 e. The molecule has 0 spiro atoms. The highest BCUT2D eigenvalue weighted by atomic mass is 35.5. The van der Waals surface area contributed by atoms with Gasteiger partial charge >= 0.3 is 0 Å². The summed E-state index contributed by atoms with van der Waals surface area (Å²) < 4.78 is 5.76. The number of benzene rings is 1.